The average Bonchev–Trinajstić information content (AvgIpc) is 3.71. The van der Waals surface area contributed by atoms with E-state index in [9.17, 15) is 0 Å². The highest BCUT2D eigenvalue weighted by Gasteiger charge is 2.20. The molecule has 2 heteroatoms. The Morgan fingerprint density at radius 1 is 0.440 bits per heavy atom. The molecule has 0 spiro atoms. The minimum atomic E-state index is 0.997. The van der Waals surface area contributed by atoms with Crippen molar-refractivity contribution >= 4 is 60.5 Å². The predicted molar refractivity (Wildman–Crippen MR) is 213 cm³/mol. The van der Waals surface area contributed by atoms with E-state index >= 15 is 0 Å². The summed E-state index contributed by atoms with van der Waals surface area (Å²) in [6.07, 6.45) is 15.9. The van der Waals surface area contributed by atoms with Crippen LogP contribution in [0, 0.1) is 0 Å². The first kappa shape index (κ1) is 28.9. The number of hydrogen-bond donors (Lipinski definition) is 0. The molecule has 0 bridgehead atoms. The smallest absolute Gasteiger partial charge is 0.0616 e. The van der Waals surface area contributed by atoms with Crippen LogP contribution in [0.2, 0.25) is 0 Å². The third-order valence-electron chi connectivity index (χ3n) is 10.6. The molecule has 0 amide bonds. The van der Waals surface area contributed by atoms with Crippen LogP contribution >= 0.6 is 0 Å². The summed E-state index contributed by atoms with van der Waals surface area (Å²) >= 11 is 0. The van der Waals surface area contributed by atoms with E-state index in [2.05, 4.69) is 179 Å². The zero-order chi connectivity index (χ0) is 33.0. The van der Waals surface area contributed by atoms with E-state index in [-0.39, 0.29) is 0 Å². The highest BCUT2D eigenvalue weighted by Crippen LogP contribution is 2.42. The fourth-order valence-corrected chi connectivity index (χ4v) is 8.31. The standard InChI is InChI=1S/C48H36N2/c1-3-14-33(15-4-1)35-18-11-20-38(30-35)49-45-26-9-8-23-42(45)44-32-37(28-29-47(44)49)40-24-13-25-43-41-22-7-10-27-46(41)50(48(40)43)39-21-12-19-36(31-39)34-16-5-2-6-17-34/h2-3,5-11,13-20,22-32H,1,4,12,21H2. The Morgan fingerprint density at radius 2 is 1.14 bits per heavy atom. The topological polar surface area (TPSA) is 9.86 Å². The molecule has 0 atom stereocenters. The van der Waals surface area contributed by atoms with Crippen LogP contribution in [0.5, 0.6) is 0 Å². The van der Waals surface area contributed by atoms with Gasteiger partial charge in [0.15, 0.2) is 0 Å². The largest absolute Gasteiger partial charge is 0.312 e. The minimum Gasteiger partial charge on any atom is -0.312 e. The molecule has 2 aliphatic rings. The lowest BCUT2D eigenvalue weighted by molar-refractivity contribution is 0.983. The first-order chi connectivity index (χ1) is 24.8. The molecule has 0 N–H and O–H groups in total. The third kappa shape index (κ3) is 4.64. The maximum absolute atomic E-state index is 2.54. The molecule has 0 unspecified atom stereocenters. The number of benzene rings is 6. The van der Waals surface area contributed by atoms with Crippen molar-refractivity contribution in [2.24, 2.45) is 0 Å². The van der Waals surface area contributed by atoms with Crippen molar-refractivity contribution in [3.05, 3.63) is 181 Å². The van der Waals surface area contributed by atoms with E-state index in [0.717, 1.165) is 25.7 Å². The van der Waals surface area contributed by atoms with Crippen LogP contribution in [0.4, 0.5) is 0 Å². The molecule has 2 aromatic heterocycles. The molecule has 2 aliphatic carbocycles. The number of aromatic nitrogens is 2. The summed E-state index contributed by atoms with van der Waals surface area (Å²) in [5.74, 6) is 0. The summed E-state index contributed by atoms with van der Waals surface area (Å²) in [5, 5.41) is 5.12. The van der Waals surface area contributed by atoms with Crippen molar-refractivity contribution in [1.29, 1.82) is 0 Å². The Balaban J connectivity index is 1.18. The highest BCUT2D eigenvalue weighted by atomic mass is 15.0. The SMILES string of the molecule is C1=CC(c2cccc(-n3c4ccccc4c4cc(-c5cccc6c7ccccc7n(C7=CC(c8ccccc8)=CCC7)c56)ccc43)c2)=CCC1. The summed E-state index contributed by atoms with van der Waals surface area (Å²) in [6, 6.07) is 51.5. The summed E-state index contributed by atoms with van der Waals surface area (Å²) in [5.41, 5.74) is 15.1. The number of allylic oxidation sites excluding steroid dienone is 8. The lowest BCUT2D eigenvalue weighted by Gasteiger charge is -2.19. The molecule has 2 nitrogen and oxygen atoms in total. The van der Waals surface area contributed by atoms with Crippen LogP contribution in [0.15, 0.2) is 170 Å². The molecule has 0 fully saturated rings. The highest BCUT2D eigenvalue weighted by molar-refractivity contribution is 6.16. The van der Waals surface area contributed by atoms with E-state index in [0.29, 0.717) is 0 Å². The van der Waals surface area contributed by atoms with Gasteiger partial charge in [-0.3, -0.25) is 0 Å². The van der Waals surface area contributed by atoms with Gasteiger partial charge in [0.2, 0.25) is 0 Å². The van der Waals surface area contributed by atoms with Crippen molar-refractivity contribution < 1.29 is 0 Å². The quantitative estimate of drug-likeness (QED) is 0.177. The molecule has 8 aromatic rings. The Kier molecular flexibility index (Phi) is 6.80. The van der Waals surface area contributed by atoms with Crippen molar-refractivity contribution in [2.75, 3.05) is 0 Å². The van der Waals surface area contributed by atoms with Gasteiger partial charge in [-0.05, 0) is 96.0 Å². The maximum atomic E-state index is 2.54. The zero-order valence-electron chi connectivity index (χ0n) is 27.9. The Morgan fingerprint density at radius 3 is 1.98 bits per heavy atom. The second-order valence-corrected chi connectivity index (χ2v) is 13.5. The number of hydrogen-bond acceptors (Lipinski definition) is 0. The van der Waals surface area contributed by atoms with Crippen LogP contribution in [-0.4, -0.2) is 9.13 Å². The van der Waals surface area contributed by atoms with Gasteiger partial charge in [0.05, 0.1) is 22.1 Å². The van der Waals surface area contributed by atoms with Gasteiger partial charge in [0, 0.05) is 38.5 Å². The molecule has 0 saturated carbocycles. The van der Waals surface area contributed by atoms with Crippen molar-refractivity contribution in [3.63, 3.8) is 0 Å². The summed E-state index contributed by atoms with van der Waals surface area (Å²) in [4.78, 5) is 0. The summed E-state index contributed by atoms with van der Waals surface area (Å²) in [6.45, 7) is 0. The Hall–Kier alpha value is -6.12. The predicted octanol–water partition coefficient (Wildman–Crippen LogP) is 13.0. The third-order valence-corrected chi connectivity index (χ3v) is 10.6. The van der Waals surface area contributed by atoms with Crippen LogP contribution in [0.1, 0.15) is 36.8 Å². The zero-order valence-corrected chi connectivity index (χ0v) is 27.9. The summed E-state index contributed by atoms with van der Waals surface area (Å²) in [7, 11) is 0. The number of fused-ring (bicyclic) bond motifs is 6. The van der Waals surface area contributed by atoms with Crippen LogP contribution in [0.25, 0.3) is 77.3 Å². The van der Waals surface area contributed by atoms with Crippen LogP contribution in [-0.2, 0) is 0 Å². The van der Waals surface area contributed by atoms with Crippen molar-refractivity contribution in [3.8, 4) is 16.8 Å². The van der Waals surface area contributed by atoms with E-state index in [1.54, 1.807) is 0 Å². The number of rotatable bonds is 5. The normalized spacial score (nSPS) is 14.8. The van der Waals surface area contributed by atoms with Crippen LogP contribution < -0.4 is 0 Å². The van der Waals surface area contributed by atoms with E-state index in [4.69, 9.17) is 0 Å². The van der Waals surface area contributed by atoms with E-state index in [1.165, 1.54) is 88.4 Å². The molecule has 2 heterocycles. The van der Waals surface area contributed by atoms with Gasteiger partial charge in [0.25, 0.3) is 0 Å². The first-order valence-electron chi connectivity index (χ1n) is 17.8. The van der Waals surface area contributed by atoms with Gasteiger partial charge >= 0.3 is 0 Å². The summed E-state index contributed by atoms with van der Waals surface area (Å²) < 4.78 is 4.98. The lowest BCUT2D eigenvalue weighted by atomic mass is 9.97. The Bertz CT molecular complexity index is 2740. The minimum absolute atomic E-state index is 0.997. The van der Waals surface area contributed by atoms with Crippen molar-refractivity contribution in [1.82, 2.24) is 9.13 Å². The van der Waals surface area contributed by atoms with Gasteiger partial charge in [-0.2, -0.15) is 0 Å². The van der Waals surface area contributed by atoms with E-state index in [1.807, 2.05) is 0 Å². The maximum Gasteiger partial charge on any atom is 0.0616 e. The molecule has 0 radical (unpaired) electrons. The van der Waals surface area contributed by atoms with Gasteiger partial charge in [0.1, 0.15) is 0 Å². The second kappa shape index (κ2) is 11.8. The van der Waals surface area contributed by atoms with Crippen molar-refractivity contribution in [2.45, 2.75) is 25.7 Å². The molecule has 0 aliphatic heterocycles. The molecule has 0 saturated heterocycles. The first-order valence-corrected chi connectivity index (χ1v) is 17.8. The second-order valence-electron chi connectivity index (χ2n) is 13.5. The Labute approximate surface area is 292 Å². The average molecular weight is 641 g/mol. The number of para-hydroxylation sites is 3. The molecular weight excluding hydrogens is 605 g/mol. The van der Waals surface area contributed by atoms with Crippen LogP contribution in [0.3, 0.4) is 0 Å². The van der Waals surface area contributed by atoms with Gasteiger partial charge in [-0.25, -0.2) is 0 Å². The number of nitrogens with zero attached hydrogens (tertiary/aromatic N) is 2. The van der Waals surface area contributed by atoms with Gasteiger partial charge in [-0.1, -0.05) is 127 Å². The fourth-order valence-electron chi connectivity index (χ4n) is 8.31. The lowest BCUT2D eigenvalue weighted by Crippen LogP contribution is -2.02. The van der Waals surface area contributed by atoms with E-state index < -0.39 is 0 Å². The molecule has 238 valence electrons. The molecule has 50 heavy (non-hydrogen) atoms. The van der Waals surface area contributed by atoms with Gasteiger partial charge < -0.3 is 9.13 Å². The monoisotopic (exact) mass is 640 g/mol. The molecular formula is C48H36N2. The molecule has 6 aromatic carbocycles. The molecule has 10 rings (SSSR count). The van der Waals surface area contributed by atoms with Gasteiger partial charge in [-0.15, -0.1) is 0 Å². The fraction of sp³-hybridized carbons (Fsp3) is 0.0833.